The maximum absolute atomic E-state index is 6.01. The number of benzene rings is 2. The number of hydrogen-bond donors (Lipinski definition) is 2. The monoisotopic (exact) mass is 249 g/mol. The summed E-state index contributed by atoms with van der Waals surface area (Å²) in [7, 11) is 0. The van der Waals surface area contributed by atoms with E-state index in [9.17, 15) is 0 Å². The molecule has 0 radical (unpaired) electrons. The third kappa shape index (κ3) is 2.36. The number of pyridine rings is 1. The standard InChI is InChI=1S/C16H15N3/c1-11-4-6-16(14(17)9-11)19-13-5-7-15-12(10-13)3-2-8-18-15/h2-10,19H,17H2,1H3. The van der Waals surface area contributed by atoms with E-state index in [1.54, 1.807) is 6.20 Å². The van der Waals surface area contributed by atoms with Gasteiger partial charge in [-0.05, 0) is 48.9 Å². The lowest BCUT2D eigenvalue weighted by Gasteiger charge is -2.10. The molecule has 0 fully saturated rings. The normalized spacial score (nSPS) is 10.6. The number of rotatable bonds is 2. The number of hydrogen-bond acceptors (Lipinski definition) is 3. The number of nitrogens with two attached hydrogens (primary N) is 1. The van der Waals surface area contributed by atoms with Gasteiger partial charge in [-0.1, -0.05) is 12.1 Å². The van der Waals surface area contributed by atoms with Crippen LogP contribution in [-0.4, -0.2) is 4.98 Å². The molecule has 3 nitrogen and oxygen atoms in total. The summed E-state index contributed by atoms with van der Waals surface area (Å²) >= 11 is 0. The summed E-state index contributed by atoms with van der Waals surface area (Å²) in [5.41, 5.74) is 10.8. The van der Waals surface area contributed by atoms with Gasteiger partial charge in [-0.25, -0.2) is 0 Å². The Kier molecular flexibility index (Phi) is 2.80. The highest BCUT2D eigenvalue weighted by atomic mass is 14.9. The molecule has 3 aromatic rings. The smallest absolute Gasteiger partial charge is 0.0703 e. The summed E-state index contributed by atoms with van der Waals surface area (Å²) in [6.45, 7) is 2.03. The summed E-state index contributed by atoms with van der Waals surface area (Å²) < 4.78 is 0. The zero-order chi connectivity index (χ0) is 13.2. The molecule has 0 saturated carbocycles. The summed E-state index contributed by atoms with van der Waals surface area (Å²) in [4.78, 5) is 4.31. The lowest BCUT2D eigenvalue weighted by molar-refractivity contribution is 1.41. The number of aromatic nitrogens is 1. The maximum atomic E-state index is 6.01. The van der Waals surface area contributed by atoms with Crippen LogP contribution in [0.3, 0.4) is 0 Å². The van der Waals surface area contributed by atoms with E-state index in [0.717, 1.165) is 33.5 Å². The SMILES string of the molecule is Cc1ccc(Nc2ccc3ncccc3c2)c(N)c1. The van der Waals surface area contributed by atoms with Crippen molar-refractivity contribution in [3.05, 3.63) is 60.3 Å². The first kappa shape index (κ1) is 11.5. The lowest BCUT2D eigenvalue weighted by atomic mass is 10.1. The van der Waals surface area contributed by atoms with Gasteiger partial charge in [0.25, 0.3) is 0 Å². The van der Waals surface area contributed by atoms with Crippen molar-refractivity contribution in [1.82, 2.24) is 4.98 Å². The molecule has 0 bridgehead atoms. The van der Waals surface area contributed by atoms with E-state index in [0.29, 0.717) is 0 Å². The molecule has 19 heavy (non-hydrogen) atoms. The Bertz CT molecular complexity index is 735. The van der Waals surface area contributed by atoms with Crippen LogP contribution >= 0.6 is 0 Å². The van der Waals surface area contributed by atoms with Crippen LogP contribution in [0.5, 0.6) is 0 Å². The minimum atomic E-state index is 0.756. The van der Waals surface area contributed by atoms with E-state index in [4.69, 9.17) is 5.73 Å². The first-order valence-corrected chi connectivity index (χ1v) is 6.20. The van der Waals surface area contributed by atoms with E-state index < -0.39 is 0 Å². The number of nitrogen functional groups attached to an aromatic ring is 1. The highest BCUT2D eigenvalue weighted by molar-refractivity contribution is 5.84. The summed E-state index contributed by atoms with van der Waals surface area (Å²) in [5.74, 6) is 0. The van der Waals surface area contributed by atoms with E-state index in [1.807, 2.05) is 49.4 Å². The largest absolute Gasteiger partial charge is 0.397 e. The molecule has 0 aliphatic carbocycles. The van der Waals surface area contributed by atoms with Crippen LogP contribution < -0.4 is 11.1 Å². The van der Waals surface area contributed by atoms with E-state index in [-0.39, 0.29) is 0 Å². The van der Waals surface area contributed by atoms with Gasteiger partial charge in [0, 0.05) is 17.3 Å². The molecule has 3 N–H and O–H groups in total. The zero-order valence-corrected chi connectivity index (χ0v) is 10.7. The fraction of sp³-hybridized carbons (Fsp3) is 0.0625. The molecule has 3 rings (SSSR count). The topological polar surface area (TPSA) is 50.9 Å². The summed E-state index contributed by atoms with van der Waals surface area (Å²) in [6.07, 6.45) is 1.80. The molecule has 0 aliphatic heterocycles. The van der Waals surface area contributed by atoms with Crippen molar-refractivity contribution < 1.29 is 0 Å². The van der Waals surface area contributed by atoms with Crippen LogP contribution in [0.4, 0.5) is 17.1 Å². The Morgan fingerprint density at radius 2 is 1.95 bits per heavy atom. The second-order valence-electron chi connectivity index (χ2n) is 4.63. The Morgan fingerprint density at radius 1 is 1.05 bits per heavy atom. The quantitative estimate of drug-likeness (QED) is 0.678. The molecular formula is C16H15N3. The van der Waals surface area contributed by atoms with Gasteiger partial charge in [-0.15, -0.1) is 0 Å². The van der Waals surface area contributed by atoms with E-state index >= 15 is 0 Å². The van der Waals surface area contributed by atoms with Crippen LogP contribution in [0.25, 0.3) is 10.9 Å². The van der Waals surface area contributed by atoms with Gasteiger partial charge >= 0.3 is 0 Å². The third-order valence-electron chi connectivity index (χ3n) is 3.09. The van der Waals surface area contributed by atoms with Crippen LogP contribution in [0.15, 0.2) is 54.7 Å². The highest BCUT2D eigenvalue weighted by Crippen LogP contribution is 2.25. The van der Waals surface area contributed by atoms with Crippen molar-refractivity contribution in [2.75, 3.05) is 11.1 Å². The summed E-state index contributed by atoms with van der Waals surface area (Å²) in [5, 5.41) is 4.45. The zero-order valence-electron chi connectivity index (χ0n) is 10.7. The van der Waals surface area contributed by atoms with E-state index in [1.165, 1.54) is 0 Å². The minimum Gasteiger partial charge on any atom is -0.397 e. The van der Waals surface area contributed by atoms with Gasteiger partial charge in [-0.3, -0.25) is 4.98 Å². The first-order chi connectivity index (χ1) is 9.22. The molecule has 2 aromatic carbocycles. The Morgan fingerprint density at radius 3 is 2.79 bits per heavy atom. The molecular weight excluding hydrogens is 234 g/mol. The van der Waals surface area contributed by atoms with Crippen molar-refractivity contribution >= 4 is 28.0 Å². The van der Waals surface area contributed by atoms with E-state index in [2.05, 4.69) is 16.4 Å². The number of aryl methyl sites for hydroxylation is 1. The van der Waals surface area contributed by atoms with Gasteiger partial charge in [0.05, 0.1) is 16.9 Å². The van der Waals surface area contributed by atoms with Gasteiger partial charge < -0.3 is 11.1 Å². The number of nitrogens with one attached hydrogen (secondary N) is 1. The van der Waals surface area contributed by atoms with Crippen molar-refractivity contribution in [2.45, 2.75) is 6.92 Å². The predicted octanol–water partition coefficient (Wildman–Crippen LogP) is 3.87. The number of anilines is 3. The van der Waals surface area contributed by atoms with Crippen molar-refractivity contribution in [2.24, 2.45) is 0 Å². The molecule has 0 amide bonds. The lowest BCUT2D eigenvalue weighted by Crippen LogP contribution is -1.96. The molecule has 0 spiro atoms. The van der Waals surface area contributed by atoms with Gasteiger partial charge in [0.2, 0.25) is 0 Å². The average molecular weight is 249 g/mol. The van der Waals surface area contributed by atoms with Crippen molar-refractivity contribution in [3.8, 4) is 0 Å². The van der Waals surface area contributed by atoms with Crippen LogP contribution in [0.1, 0.15) is 5.56 Å². The van der Waals surface area contributed by atoms with Crippen molar-refractivity contribution in [1.29, 1.82) is 0 Å². The molecule has 94 valence electrons. The van der Waals surface area contributed by atoms with Gasteiger partial charge in [0.15, 0.2) is 0 Å². The molecule has 3 heteroatoms. The van der Waals surface area contributed by atoms with Crippen LogP contribution in [0, 0.1) is 6.92 Å². The van der Waals surface area contributed by atoms with Gasteiger partial charge in [-0.2, -0.15) is 0 Å². The second-order valence-corrected chi connectivity index (χ2v) is 4.63. The molecule has 0 atom stereocenters. The van der Waals surface area contributed by atoms with Crippen LogP contribution in [-0.2, 0) is 0 Å². The van der Waals surface area contributed by atoms with Gasteiger partial charge in [0.1, 0.15) is 0 Å². The maximum Gasteiger partial charge on any atom is 0.0703 e. The fourth-order valence-corrected chi connectivity index (χ4v) is 2.10. The molecule has 1 aromatic heterocycles. The second kappa shape index (κ2) is 4.61. The Balaban J connectivity index is 1.96. The molecule has 0 unspecified atom stereocenters. The third-order valence-corrected chi connectivity index (χ3v) is 3.09. The Hall–Kier alpha value is -2.55. The van der Waals surface area contributed by atoms with Crippen molar-refractivity contribution in [3.63, 3.8) is 0 Å². The highest BCUT2D eigenvalue weighted by Gasteiger charge is 2.01. The first-order valence-electron chi connectivity index (χ1n) is 6.20. The fourth-order valence-electron chi connectivity index (χ4n) is 2.10. The number of fused-ring (bicyclic) bond motifs is 1. The van der Waals surface area contributed by atoms with Crippen LogP contribution in [0.2, 0.25) is 0 Å². The molecule has 1 heterocycles. The average Bonchev–Trinajstić information content (AvgIpc) is 2.42. The predicted molar refractivity (Wildman–Crippen MR) is 80.6 cm³/mol. The Labute approximate surface area is 112 Å². The number of nitrogens with zero attached hydrogens (tertiary/aromatic N) is 1. The molecule has 0 saturated heterocycles. The summed E-state index contributed by atoms with van der Waals surface area (Å²) in [6, 6.07) is 16.1. The molecule has 0 aliphatic rings. The minimum absolute atomic E-state index is 0.756.